The van der Waals surface area contributed by atoms with E-state index in [1.807, 2.05) is 6.07 Å². The summed E-state index contributed by atoms with van der Waals surface area (Å²) in [7, 11) is 0. The van der Waals surface area contributed by atoms with Crippen molar-refractivity contribution in [1.82, 2.24) is 14.8 Å². The molecule has 0 unspecified atom stereocenters. The Hall–Kier alpha value is -1.06. The van der Waals surface area contributed by atoms with E-state index in [0.717, 1.165) is 5.69 Å². The Bertz CT molecular complexity index is 541. The lowest BCUT2D eigenvalue weighted by Crippen LogP contribution is -2.18. The Labute approximate surface area is 110 Å². The molecule has 2 heterocycles. The number of nitrogens with zero attached hydrogens (tertiary/aromatic N) is 3. The van der Waals surface area contributed by atoms with Crippen molar-refractivity contribution in [2.45, 2.75) is 26.2 Å². The third kappa shape index (κ3) is 2.45. The maximum atomic E-state index is 6.12. The van der Waals surface area contributed by atoms with Crippen LogP contribution >= 0.6 is 23.2 Å². The molecule has 0 aliphatic carbocycles. The molecule has 0 aliphatic rings. The number of aromatic nitrogens is 3. The molecule has 5 heteroatoms. The van der Waals surface area contributed by atoms with Crippen molar-refractivity contribution in [3.63, 3.8) is 0 Å². The van der Waals surface area contributed by atoms with Crippen molar-refractivity contribution in [3.8, 4) is 5.82 Å². The normalized spacial score (nSPS) is 11.8. The highest BCUT2D eigenvalue weighted by Crippen LogP contribution is 2.28. The zero-order valence-electron chi connectivity index (χ0n) is 9.91. The van der Waals surface area contributed by atoms with Gasteiger partial charge in [-0.3, -0.25) is 0 Å². The number of halogens is 2. The van der Waals surface area contributed by atoms with Crippen LogP contribution in [0.15, 0.2) is 24.4 Å². The van der Waals surface area contributed by atoms with Crippen LogP contribution in [0.3, 0.4) is 0 Å². The van der Waals surface area contributed by atoms with Gasteiger partial charge in [0, 0.05) is 11.6 Å². The smallest absolute Gasteiger partial charge is 0.172 e. The van der Waals surface area contributed by atoms with Gasteiger partial charge in [-0.25, -0.2) is 9.67 Å². The lowest BCUT2D eigenvalue weighted by Gasteiger charge is -2.19. The predicted octanol–water partition coefficient (Wildman–Crippen LogP) is 3.87. The minimum absolute atomic E-state index is 0.0824. The highest BCUT2D eigenvalue weighted by Gasteiger charge is 2.22. The Morgan fingerprint density at radius 2 is 1.94 bits per heavy atom. The minimum Gasteiger partial charge on any atom is -0.236 e. The number of rotatable bonds is 1. The zero-order valence-corrected chi connectivity index (χ0v) is 11.4. The summed E-state index contributed by atoms with van der Waals surface area (Å²) in [5.74, 6) is 0.603. The van der Waals surface area contributed by atoms with Crippen LogP contribution < -0.4 is 0 Å². The van der Waals surface area contributed by atoms with Gasteiger partial charge in [-0.05, 0) is 18.2 Å². The van der Waals surface area contributed by atoms with Crippen molar-refractivity contribution in [1.29, 1.82) is 0 Å². The molecule has 0 radical (unpaired) electrons. The molecule has 0 fully saturated rings. The maximum Gasteiger partial charge on any atom is 0.172 e. The van der Waals surface area contributed by atoms with Gasteiger partial charge in [0.15, 0.2) is 11.0 Å². The van der Waals surface area contributed by atoms with Gasteiger partial charge in [-0.1, -0.05) is 44.0 Å². The van der Waals surface area contributed by atoms with Gasteiger partial charge < -0.3 is 0 Å². The van der Waals surface area contributed by atoms with E-state index in [1.165, 1.54) is 0 Å². The molecule has 0 saturated heterocycles. The van der Waals surface area contributed by atoms with E-state index < -0.39 is 0 Å². The fourth-order valence-corrected chi connectivity index (χ4v) is 1.96. The monoisotopic (exact) mass is 269 g/mol. The Balaban J connectivity index is 2.64. The molecule has 2 aromatic heterocycles. The first-order valence-corrected chi connectivity index (χ1v) is 6.02. The van der Waals surface area contributed by atoms with E-state index in [4.69, 9.17) is 23.2 Å². The summed E-state index contributed by atoms with van der Waals surface area (Å²) >= 11 is 12.1. The van der Waals surface area contributed by atoms with Crippen molar-refractivity contribution in [2.24, 2.45) is 0 Å². The minimum atomic E-state index is -0.0824. The van der Waals surface area contributed by atoms with Crippen LogP contribution in [-0.4, -0.2) is 14.8 Å². The lowest BCUT2D eigenvalue weighted by molar-refractivity contribution is 0.541. The molecule has 0 spiro atoms. The fourth-order valence-electron chi connectivity index (χ4n) is 1.58. The summed E-state index contributed by atoms with van der Waals surface area (Å²) in [6.45, 7) is 6.27. The summed E-state index contributed by atoms with van der Waals surface area (Å²) in [5, 5.41) is 5.24. The molecule has 0 atom stereocenters. The number of hydrogen-bond donors (Lipinski definition) is 0. The molecular weight excluding hydrogens is 257 g/mol. The first kappa shape index (κ1) is 12.4. The van der Waals surface area contributed by atoms with E-state index in [2.05, 4.69) is 30.9 Å². The molecule has 0 amide bonds. The average molecular weight is 270 g/mol. The highest BCUT2D eigenvalue weighted by atomic mass is 35.5. The molecule has 0 saturated carbocycles. The number of pyridine rings is 1. The zero-order chi connectivity index (χ0) is 12.6. The van der Waals surface area contributed by atoms with E-state index in [0.29, 0.717) is 16.0 Å². The Kier molecular flexibility index (Phi) is 3.15. The van der Waals surface area contributed by atoms with Gasteiger partial charge in [0.2, 0.25) is 0 Å². The molecule has 90 valence electrons. The third-order valence-corrected chi connectivity index (χ3v) is 2.87. The summed E-state index contributed by atoms with van der Waals surface area (Å²) in [6, 6.07) is 5.41. The van der Waals surface area contributed by atoms with Gasteiger partial charge in [0.1, 0.15) is 0 Å². The van der Waals surface area contributed by atoms with Gasteiger partial charge in [0.05, 0.1) is 10.7 Å². The molecule has 0 aromatic carbocycles. The number of hydrogen-bond acceptors (Lipinski definition) is 2. The van der Waals surface area contributed by atoms with Crippen LogP contribution in [0.2, 0.25) is 10.2 Å². The van der Waals surface area contributed by atoms with Crippen molar-refractivity contribution in [3.05, 3.63) is 40.3 Å². The lowest BCUT2D eigenvalue weighted by atomic mass is 9.92. The van der Waals surface area contributed by atoms with E-state index in [9.17, 15) is 0 Å². The molecular formula is C12H13Cl2N3. The second kappa shape index (κ2) is 4.31. The van der Waals surface area contributed by atoms with Crippen molar-refractivity contribution in [2.75, 3.05) is 0 Å². The maximum absolute atomic E-state index is 6.12. The van der Waals surface area contributed by atoms with Crippen LogP contribution in [0.1, 0.15) is 26.5 Å². The summed E-state index contributed by atoms with van der Waals surface area (Å²) in [6.07, 6.45) is 1.68. The second-order valence-corrected chi connectivity index (χ2v) is 5.62. The molecule has 17 heavy (non-hydrogen) atoms. The standard InChI is InChI=1S/C12H13Cl2N3/c1-12(2,3)9-7-10(14)16-17(9)11-8(13)5-4-6-15-11/h4-7H,1-3H3. The molecule has 2 rings (SSSR count). The predicted molar refractivity (Wildman–Crippen MR) is 70.1 cm³/mol. The summed E-state index contributed by atoms with van der Waals surface area (Å²) < 4.78 is 1.70. The van der Waals surface area contributed by atoms with Gasteiger partial charge >= 0.3 is 0 Å². The van der Waals surface area contributed by atoms with E-state index in [1.54, 1.807) is 23.0 Å². The first-order valence-electron chi connectivity index (χ1n) is 5.26. The van der Waals surface area contributed by atoms with Gasteiger partial charge in [0.25, 0.3) is 0 Å². The molecule has 0 N–H and O–H groups in total. The van der Waals surface area contributed by atoms with Crippen LogP contribution in [0.5, 0.6) is 0 Å². The molecule has 0 aliphatic heterocycles. The van der Waals surface area contributed by atoms with Crippen molar-refractivity contribution < 1.29 is 0 Å². The average Bonchev–Trinajstić information content (AvgIpc) is 2.60. The van der Waals surface area contributed by atoms with Crippen LogP contribution in [-0.2, 0) is 5.41 Å². The highest BCUT2D eigenvalue weighted by molar-refractivity contribution is 6.32. The fraction of sp³-hybridized carbons (Fsp3) is 0.333. The van der Waals surface area contributed by atoms with Gasteiger partial charge in [-0.15, -0.1) is 0 Å². The van der Waals surface area contributed by atoms with E-state index in [-0.39, 0.29) is 5.41 Å². The molecule has 0 bridgehead atoms. The largest absolute Gasteiger partial charge is 0.236 e. The Morgan fingerprint density at radius 1 is 1.24 bits per heavy atom. The van der Waals surface area contributed by atoms with Crippen LogP contribution in [0.25, 0.3) is 5.82 Å². The first-order chi connectivity index (χ1) is 7.89. The second-order valence-electron chi connectivity index (χ2n) is 4.82. The van der Waals surface area contributed by atoms with Crippen molar-refractivity contribution >= 4 is 23.2 Å². The van der Waals surface area contributed by atoms with Crippen LogP contribution in [0, 0.1) is 0 Å². The Morgan fingerprint density at radius 3 is 2.53 bits per heavy atom. The SMILES string of the molecule is CC(C)(C)c1cc(Cl)nn1-c1ncccc1Cl. The van der Waals surface area contributed by atoms with Gasteiger partial charge in [-0.2, -0.15) is 5.10 Å². The van der Waals surface area contributed by atoms with Crippen LogP contribution in [0.4, 0.5) is 0 Å². The topological polar surface area (TPSA) is 30.7 Å². The quantitative estimate of drug-likeness (QED) is 0.787. The van der Waals surface area contributed by atoms with E-state index >= 15 is 0 Å². The third-order valence-electron chi connectivity index (χ3n) is 2.39. The molecule has 3 nitrogen and oxygen atoms in total. The summed E-state index contributed by atoms with van der Waals surface area (Å²) in [4.78, 5) is 4.25. The molecule has 2 aromatic rings. The summed E-state index contributed by atoms with van der Waals surface area (Å²) in [5.41, 5.74) is 0.893.